The van der Waals surface area contributed by atoms with Gasteiger partial charge >= 0.3 is 0 Å². The van der Waals surface area contributed by atoms with Crippen LogP contribution < -0.4 is 5.32 Å². The number of hydrogen-bond donors (Lipinski definition) is 1. The summed E-state index contributed by atoms with van der Waals surface area (Å²) in [6, 6.07) is 12.0. The molecule has 2 aliphatic heterocycles. The highest BCUT2D eigenvalue weighted by Gasteiger charge is 2.41. The Labute approximate surface area is 165 Å². The number of aromatic nitrogens is 1. The summed E-state index contributed by atoms with van der Waals surface area (Å²) in [5.41, 5.74) is 3.61. The van der Waals surface area contributed by atoms with Crippen LogP contribution >= 0.6 is 0 Å². The standard InChI is InChI=1S/C22H27N3O3/c1-16(2)18-5-3-4-6-19(18)24-17-7-10-23-20(15-17)21(26)25-11-8-22(9-12-25)27-13-14-28-22/h3-7,10,15-16H,8-9,11-14H2,1-2H3,(H,23,24). The SMILES string of the molecule is CC(C)c1ccccc1Nc1ccnc(C(=O)N2CCC3(CC2)OCCO3)c1. The molecule has 0 saturated carbocycles. The number of nitrogens with zero attached hydrogens (tertiary/aromatic N) is 2. The normalized spacial score (nSPS) is 18.6. The van der Waals surface area contributed by atoms with Crippen molar-refractivity contribution in [3.63, 3.8) is 0 Å². The van der Waals surface area contributed by atoms with E-state index in [1.54, 1.807) is 6.20 Å². The maximum Gasteiger partial charge on any atom is 0.272 e. The fraction of sp³-hybridized carbons (Fsp3) is 0.455. The number of carbonyl (C=O) groups is 1. The zero-order valence-electron chi connectivity index (χ0n) is 16.5. The molecule has 0 unspecified atom stereocenters. The lowest BCUT2D eigenvalue weighted by Gasteiger charge is -2.37. The summed E-state index contributed by atoms with van der Waals surface area (Å²) in [4.78, 5) is 19.1. The molecule has 1 aromatic heterocycles. The van der Waals surface area contributed by atoms with E-state index in [-0.39, 0.29) is 5.91 Å². The molecular formula is C22H27N3O3. The number of nitrogens with one attached hydrogen (secondary N) is 1. The van der Waals surface area contributed by atoms with Crippen LogP contribution in [0, 0.1) is 0 Å². The minimum atomic E-state index is -0.478. The first-order valence-electron chi connectivity index (χ1n) is 9.95. The van der Waals surface area contributed by atoms with Crippen LogP contribution in [0.3, 0.4) is 0 Å². The van der Waals surface area contributed by atoms with Gasteiger partial charge in [0.05, 0.1) is 13.2 Å². The van der Waals surface area contributed by atoms with Crippen LogP contribution in [0.1, 0.15) is 48.7 Å². The van der Waals surface area contributed by atoms with Crippen molar-refractivity contribution in [2.24, 2.45) is 0 Å². The number of para-hydroxylation sites is 1. The molecule has 28 heavy (non-hydrogen) atoms. The first kappa shape index (κ1) is 18.9. The molecular weight excluding hydrogens is 354 g/mol. The highest BCUT2D eigenvalue weighted by molar-refractivity contribution is 5.93. The van der Waals surface area contributed by atoms with Crippen molar-refractivity contribution in [3.05, 3.63) is 53.9 Å². The number of anilines is 2. The van der Waals surface area contributed by atoms with Gasteiger partial charge in [-0.15, -0.1) is 0 Å². The summed E-state index contributed by atoms with van der Waals surface area (Å²) >= 11 is 0. The zero-order chi connectivity index (χ0) is 19.6. The summed E-state index contributed by atoms with van der Waals surface area (Å²) in [5.74, 6) is -0.116. The fourth-order valence-corrected chi connectivity index (χ4v) is 3.89. The van der Waals surface area contributed by atoms with Crippen molar-refractivity contribution in [3.8, 4) is 0 Å². The molecule has 2 aromatic rings. The van der Waals surface area contributed by atoms with Crippen LogP contribution in [0.4, 0.5) is 11.4 Å². The molecule has 148 valence electrons. The Hall–Kier alpha value is -2.44. The number of carbonyl (C=O) groups excluding carboxylic acids is 1. The lowest BCUT2D eigenvalue weighted by Crippen LogP contribution is -2.47. The van der Waals surface area contributed by atoms with Crippen LogP contribution in [0.25, 0.3) is 0 Å². The molecule has 4 rings (SSSR count). The molecule has 2 aliphatic rings. The van der Waals surface area contributed by atoms with Gasteiger partial charge in [-0.25, -0.2) is 0 Å². The number of benzene rings is 1. The number of piperidine rings is 1. The summed E-state index contributed by atoms with van der Waals surface area (Å²) < 4.78 is 11.5. The Bertz CT molecular complexity index is 836. The van der Waals surface area contributed by atoms with Gasteiger partial charge in [-0.2, -0.15) is 0 Å². The van der Waals surface area contributed by atoms with E-state index in [4.69, 9.17) is 9.47 Å². The summed E-state index contributed by atoms with van der Waals surface area (Å²) in [6.45, 7) is 6.86. The smallest absolute Gasteiger partial charge is 0.272 e. The molecule has 6 nitrogen and oxygen atoms in total. The Kier molecular flexibility index (Phi) is 5.33. The number of rotatable bonds is 4. The number of ether oxygens (including phenoxy) is 2. The van der Waals surface area contributed by atoms with Gasteiger partial charge in [-0.3, -0.25) is 9.78 Å². The molecule has 0 bridgehead atoms. The van der Waals surface area contributed by atoms with Crippen LogP contribution in [0.5, 0.6) is 0 Å². The second-order valence-electron chi connectivity index (χ2n) is 7.70. The van der Waals surface area contributed by atoms with Gasteiger partial charge in [0.25, 0.3) is 5.91 Å². The molecule has 1 aromatic carbocycles. The maximum atomic E-state index is 12.9. The number of hydrogen-bond acceptors (Lipinski definition) is 5. The lowest BCUT2D eigenvalue weighted by molar-refractivity contribution is -0.181. The van der Waals surface area contributed by atoms with Gasteiger partial charge in [-0.1, -0.05) is 32.0 Å². The number of likely N-dealkylation sites (tertiary alicyclic amines) is 1. The first-order chi connectivity index (χ1) is 13.6. The van der Waals surface area contributed by atoms with Gasteiger partial charge < -0.3 is 19.7 Å². The minimum absolute atomic E-state index is 0.0476. The summed E-state index contributed by atoms with van der Waals surface area (Å²) in [5, 5.41) is 3.44. The van der Waals surface area contributed by atoms with Gasteiger partial charge in [0.2, 0.25) is 0 Å². The molecule has 0 aliphatic carbocycles. The average molecular weight is 381 g/mol. The predicted molar refractivity (Wildman–Crippen MR) is 108 cm³/mol. The monoisotopic (exact) mass is 381 g/mol. The molecule has 1 N–H and O–H groups in total. The third kappa shape index (κ3) is 3.88. The molecule has 1 spiro atoms. The Balaban J connectivity index is 1.46. The van der Waals surface area contributed by atoms with Gasteiger partial charge in [0, 0.05) is 43.5 Å². The average Bonchev–Trinajstić information content (AvgIpc) is 3.16. The second kappa shape index (κ2) is 7.89. The molecule has 2 fully saturated rings. The van der Waals surface area contributed by atoms with Crippen LogP contribution in [-0.4, -0.2) is 47.9 Å². The Morgan fingerprint density at radius 3 is 2.57 bits per heavy atom. The molecule has 0 atom stereocenters. The van der Waals surface area contributed by atoms with Crippen LogP contribution in [0.2, 0.25) is 0 Å². The van der Waals surface area contributed by atoms with E-state index in [0.29, 0.717) is 50.8 Å². The fourth-order valence-electron chi connectivity index (χ4n) is 3.89. The molecule has 1 amide bonds. The molecule has 2 saturated heterocycles. The highest BCUT2D eigenvalue weighted by Crippen LogP contribution is 2.32. The predicted octanol–water partition coefficient (Wildman–Crippen LogP) is 3.93. The van der Waals surface area contributed by atoms with E-state index in [1.807, 2.05) is 29.2 Å². The number of amides is 1. The van der Waals surface area contributed by atoms with Crippen LogP contribution in [-0.2, 0) is 9.47 Å². The van der Waals surface area contributed by atoms with Crippen molar-refractivity contribution in [1.82, 2.24) is 9.88 Å². The van der Waals surface area contributed by atoms with E-state index >= 15 is 0 Å². The minimum Gasteiger partial charge on any atom is -0.355 e. The third-order valence-electron chi connectivity index (χ3n) is 5.47. The lowest BCUT2D eigenvalue weighted by atomic mass is 10.0. The number of pyridine rings is 1. The zero-order valence-corrected chi connectivity index (χ0v) is 16.5. The first-order valence-corrected chi connectivity index (χ1v) is 9.95. The van der Waals surface area contributed by atoms with Crippen molar-refractivity contribution in [2.75, 3.05) is 31.6 Å². The van der Waals surface area contributed by atoms with E-state index in [9.17, 15) is 4.79 Å². The quantitative estimate of drug-likeness (QED) is 0.869. The molecule has 0 radical (unpaired) electrons. The van der Waals surface area contributed by atoms with Crippen molar-refractivity contribution in [1.29, 1.82) is 0 Å². The van der Waals surface area contributed by atoms with Crippen molar-refractivity contribution in [2.45, 2.75) is 38.4 Å². The van der Waals surface area contributed by atoms with E-state index in [0.717, 1.165) is 11.4 Å². The Morgan fingerprint density at radius 2 is 1.86 bits per heavy atom. The van der Waals surface area contributed by atoms with E-state index in [1.165, 1.54) is 5.56 Å². The largest absolute Gasteiger partial charge is 0.355 e. The summed E-state index contributed by atoms with van der Waals surface area (Å²) in [7, 11) is 0. The van der Waals surface area contributed by atoms with Gasteiger partial charge in [0.15, 0.2) is 5.79 Å². The van der Waals surface area contributed by atoms with Crippen molar-refractivity contribution >= 4 is 17.3 Å². The third-order valence-corrected chi connectivity index (χ3v) is 5.47. The van der Waals surface area contributed by atoms with E-state index < -0.39 is 5.79 Å². The second-order valence-corrected chi connectivity index (χ2v) is 7.70. The van der Waals surface area contributed by atoms with E-state index in [2.05, 4.69) is 36.3 Å². The highest BCUT2D eigenvalue weighted by atomic mass is 16.7. The topological polar surface area (TPSA) is 63.7 Å². The maximum absolute atomic E-state index is 12.9. The summed E-state index contributed by atoms with van der Waals surface area (Å²) in [6.07, 6.45) is 3.10. The molecule has 6 heteroatoms. The Morgan fingerprint density at radius 1 is 1.14 bits per heavy atom. The van der Waals surface area contributed by atoms with Crippen molar-refractivity contribution < 1.29 is 14.3 Å². The van der Waals surface area contributed by atoms with Gasteiger partial charge in [-0.05, 0) is 29.7 Å². The molecule has 3 heterocycles. The van der Waals surface area contributed by atoms with Gasteiger partial charge in [0.1, 0.15) is 5.69 Å². The van der Waals surface area contributed by atoms with Crippen LogP contribution in [0.15, 0.2) is 42.6 Å².